The lowest BCUT2D eigenvalue weighted by Crippen LogP contribution is -1.97. The van der Waals surface area contributed by atoms with Crippen molar-refractivity contribution in [1.82, 2.24) is 0 Å². The lowest BCUT2D eigenvalue weighted by atomic mass is 10.0. The normalized spacial score (nSPS) is 13.8. The van der Waals surface area contributed by atoms with E-state index in [9.17, 15) is 9.46 Å². The lowest BCUT2D eigenvalue weighted by Gasteiger charge is -2.12. The van der Waals surface area contributed by atoms with E-state index in [1.807, 2.05) is 12.1 Å². The van der Waals surface area contributed by atoms with Gasteiger partial charge in [0.05, 0.1) is 6.61 Å². The van der Waals surface area contributed by atoms with Gasteiger partial charge in [-0.1, -0.05) is 57.6 Å². The van der Waals surface area contributed by atoms with Gasteiger partial charge in [-0.2, -0.15) is 0 Å². The van der Waals surface area contributed by atoms with Gasteiger partial charge >= 0.3 is 7.82 Å². The summed E-state index contributed by atoms with van der Waals surface area (Å²) in [4.78, 5) is 9.41. The number of rotatable bonds is 12. The van der Waals surface area contributed by atoms with Crippen LogP contribution in [0.1, 0.15) is 64.4 Å². The Kier molecular flexibility index (Phi) is 9.45. The molecule has 22 heavy (non-hydrogen) atoms. The number of phosphoric acid groups is 1. The molecular weight excluding hydrogens is 299 g/mol. The predicted molar refractivity (Wildman–Crippen MR) is 90.2 cm³/mol. The Hall–Kier alpha value is -0.830. The number of benzene rings is 1. The predicted octanol–water partition coefficient (Wildman–Crippen LogP) is 5.50. The number of hydrogen-bond acceptors (Lipinski definition) is 3. The van der Waals surface area contributed by atoms with Crippen molar-refractivity contribution in [2.75, 3.05) is 6.61 Å². The van der Waals surface area contributed by atoms with Crippen LogP contribution in [0.4, 0.5) is 0 Å². The van der Waals surface area contributed by atoms with E-state index < -0.39 is 7.82 Å². The Balaban J connectivity index is 2.26. The topological polar surface area (TPSA) is 55.8 Å². The molecule has 0 aliphatic carbocycles. The number of phosphoric ester groups is 1. The van der Waals surface area contributed by atoms with Gasteiger partial charge < -0.3 is 4.52 Å². The third-order valence-corrected chi connectivity index (χ3v) is 4.53. The summed E-state index contributed by atoms with van der Waals surface area (Å²) in [7, 11) is -3.97. The monoisotopic (exact) mass is 328 g/mol. The molecule has 0 aliphatic rings. The highest BCUT2D eigenvalue weighted by atomic mass is 31.2. The Bertz CT molecular complexity index is 444. The van der Waals surface area contributed by atoms with Crippen molar-refractivity contribution in [1.29, 1.82) is 0 Å². The lowest BCUT2D eigenvalue weighted by molar-refractivity contribution is 0.213. The maximum Gasteiger partial charge on any atom is 0.527 e. The van der Waals surface area contributed by atoms with Crippen molar-refractivity contribution >= 4 is 7.82 Å². The second-order valence-corrected chi connectivity index (χ2v) is 6.87. The molecule has 0 aliphatic heterocycles. The van der Waals surface area contributed by atoms with Crippen LogP contribution in [0.2, 0.25) is 0 Å². The van der Waals surface area contributed by atoms with E-state index in [1.165, 1.54) is 50.5 Å². The molecule has 1 aromatic rings. The van der Waals surface area contributed by atoms with Crippen molar-refractivity contribution in [3.05, 3.63) is 29.8 Å². The Morgan fingerprint density at radius 3 is 2.14 bits per heavy atom. The first-order valence-electron chi connectivity index (χ1n) is 8.33. The second-order valence-electron chi connectivity index (χ2n) is 5.49. The van der Waals surface area contributed by atoms with Crippen LogP contribution in [0.15, 0.2) is 24.3 Å². The summed E-state index contributed by atoms with van der Waals surface area (Å²) in [6.07, 6.45) is 10.1. The van der Waals surface area contributed by atoms with E-state index in [1.54, 1.807) is 19.1 Å². The Morgan fingerprint density at radius 1 is 0.955 bits per heavy atom. The summed E-state index contributed by atoms with van der Waals surface area (Å²) in [5.41, 5.74) is 1.23. The SMILES string of the molecule is CCCCCCCCCc1ccc(OP(=O)(O)OCC)cc1. The largest absolute Gasteiger partial charge is 0.527 e. The number of aryl methyl sites for hydroxylation is 1. The maximum atomic E-state index is 11.5. The minimum atomic E-state index is -3.97. The molecule has 1 atom stereocenters. The van der Waals surface area contributed by atoms with Crippen LogP contribution < -0.4 is 4.52 Å². The zero-order valence-electron chi connectivity index (χ0n) is 13.8. The summed E-state index contributed by atoms with van der Waals surface area (Å²) in [6, 6.07) is 7.33. The quantitative estimate of drug-likeness (QED) is 0.407. The first kappa shape index (κ1) is 19.2. The molecule has 0 radical (unpaired) electrons. The molecule has 0 saturated carbocycles. The molecule has 1 rings (SSSR count). The molecule has 0 amide bonds. The Morgan fingerprint density at radius 2 is 1.55 bits per heavy atom. The van der Waals surface area contributed by atoms with E-state index in [-0.39, 0.29) is 6.61 Å². The van der Waals surface area contributed by atoms with E-state index >= 15 is 0 Å². The van der Waals surface area contributed by atoms with Gasteiger partial charge in [0.15, 0.2) is 0 Å². The summed E-state index contributed by atoms with van der Waals surface area (Å²) in [5, 5.41) is 0. The van der Waals surface area contributed by atoms with Crippen LogP contribution >= 0.6 is 7.82 Å². The molecule has 4 nitrogen and oxygen atoms in total. The fourth-order valence-corrected chi connectivity index (χ4v) is 3.09. The van der Waals surface area contributed by atoms with Crippen LogP contribution in [0, 0.1) is 0 Å². The highest BCUT2D eigenvalue weighted by molar-refractivity contribution is 7.47. The number of hydrogen-bond donors (Lipinski definition) is 1. The van der Waals surface area contributed by atoms with Gasteiger partial charge in [0.2, 0.25) is 0 Å². The van der Waals surface area contributed by atoms with Crippen molar-refractivity contribution < 1.29 is 18.5 Å². The van der Waals surface area contributed by atoms with Gasteiger partial charge in [0.1, 0.15) is 5.75 Å². The summed E-state index contributed by atoms with van der Waals surface area (Å²) in [6.45, 7) is 4.03. The minimum Gasteiger partial charge on any atom is -0.404 e. The van der Waals surface area contributed by atoms with Gasteiger partial charge in [-0.25, -0.2) is 4.57 Å². The molecule has 0 aromatic heterocycles. The zero-order chi connectivity index (χ0) is 16.3. The highest BCUT2D eigenvalue weighted by Gasteiger charge is 2.21. The molecule has 0 spiro atoms. The van der Waals surface area contributed by atoms with E-state index in [2.05, 4.69) is 11.4 Å². The summed E-state index contributed by atoms with van der Waals surface area (Å²) < 4.78 is 21.1. The van der Waals surface area contributed by atoms with Crippen molar-refractivity contribution in [3.63, 3.8) is 0 Å². The average molecular weight is 328 g/mol. The van der Waals surface area contributed by atoms with Crippen molar-refractivity contribution in [3.8, 4) is 5.75 Å². The second kappa shape index (κ2) is 10.8. The van der Waals surface area contributed by atoms with Gasteiger partial charge in [0.25, 0.3) is 0 Å². The fourth-order valence-electron chi connectivity index (χ4n) is 2.33. The first-order chi connectivity index (χ1) is 10.6. The smallest absolute Gasteiger partial charge is 0.404 e. The standard InChI is InChI=1S/C17H29O4P/c1-3-5-6-7-8-9-10-11-16-12-14-17(15-13-16)21-22(18,19)20-4-2/h12-15H,3-11H2,1-2H3,(H,18,19). The molecule has 126 valence electrons. The van der Waals surface area contributed by atoms with Crippen LogP contribution in [0.3, 0.4) is 0 Å². The molecule has 5 heteroatoms. The molecule has 1 N–H and O–H groups in total. The fraction of sp³-hybridized carbons (Fsp3) is 0.647. The van der Waals surface area contributed by atoms with Crippen LogP contribution in [-0.2, 0) is 15.5 Å². The maximum absolute atomic E-state index is 11.5. The van der Waals surface area contributed by atoms with Gasteiger partial charge in [-0.3, -0.25) is 9.42 Å². The van der Waals surface area contributed by atoms with Gasteiger partial charge in [-0.15, -0.1) is 0 Å². The van der Waals surface area contributed by atoms with Gasteiger partial charge in [0, 0.05) is 0 Å². The Labute approximate surface area is 134 Å². The molecule has 0 heterocycles. The summed E-state index contributed by atoms with van der Waals surface area (Å²) >= 11 is 0. The molecule has 1 aromatic carbocycles. The van der Waals surface area contributed by atoms with E-state index in [4.69, 9.17) is 4.52 Å². The van der Waals surface area contributed by atoms with E-state index in [0.29, 0.717) is 5.75 Å². The summed E-state index contributed by atoms with van der Waals surface area (Å²) in [5.74, 6) is 0.364. The average Bonchev–Trinajstić information content (AvgIpc) is 2.47. The minimum absolute atomic E-state index is 0.143. The number of unbranched alkanes of at least 4 members (excludes halogenated alkanes) is 6. The van der Waals surface area contributed by atoms with Crippen molar-refractivity contribution in [2.45, 2.75) is 65.2 Å². The van der Waals surface area contributed by atoms with Crippen LogP contribution in [0.25, 0.3) is 0 Å². The van der Waals surface area contributed by atoms with Crippen molar-refractivity contribution in [2.24, 2.45) is 0 Å². The molecule has 0 bridgehead atoms. The van der Waals surface area contributed by atoms with Crippen LogP contribution in [0.5, 0.6) is 5.75 Å². The third-order valence-electron chi connectivity index (χ3n) is 3.51. The zero-order valence-corrected chi connectivity index (χ0v) is 14.7. The highest BCUT2D eigenvalue weighted by Crippen LogP contribution is 2.43. The van der Waals surface area contributed by atoms with Crippen LogP contribution in [-0.4, -0.2) is 11.5 Å². The molecular formula is C17H29O4P. The van der Waals surface area contributed by atoms with E-state index in [0.717, 1.165) is 6.42 Å². The molecule has 1 unspecified atom stereocenters. The molecule has 0 saturated heterocycles. The van der Waals surface area contributed by atoms with Gasteiger partial charge in [-0.05, 0) is 37.5 Å². The molecule has 0 fully saturated rings. The third kappa shape index (κ3) is 8.57. The first-order valence-corrected chi connectivity index (χ1v) is 9.83.